The maximum Gasteiger partial charge on any atom is 0.436 e. The lowest BCUT2D eigenvalue weighted by Gasteiger charge is -2.13. The van der Waals surface area contributed by atoms with Crippen LogP contribution in [0, 0.1) is 0 Å². The van der Waals surface area contributed by atoms with Crippen molar-refractivity contribution in [1.82, 2.24) is 15.1 Å². The average molecular weight is 390 g/mol. The molecule has 0 aliphatic heterocycles. The van der Waals surface area contributed by atoms with Gasteiger partial charge in [0, 0.05) is 18.3 Å². The standard InChI is InChI=1S/C21H18N4O4/c1-28-20(26)23-19(25-12-6-11-22-25)24-21(27)29-13-18-16-9-4-2-7-14(16)15-8-3-5-10-17(15)18/h2-12,18H,13H2,1H3,(H,23,24,26,27). The van der Waals surface area contributed by atoms with Gasteiger partial charge >= 0.3 is 12.2 Å². The van der Waals surface area contributed by atoms with E-state index < -0.39 is 12.2 Å². The lowest BCUT2D eigenvalue weighted by atomic mass is 9.98. The number of ether oxygens (including phenoxy) is 2. The second kappa shape index (κ2) is 7.97. The molecule has 0 radical (unpaired) electrons. The number of benzene rings is 2. The summed E-state index contributed by atoms with van der Waals surface area (Å²) >= 11 is 0. The quantitative estimate of drug-likeness (QED) is 0.535. The number of amides is 2. The number of nitrogens with one attached hydrogen (secondary N) is 1. The molecule has 0 atom stereocenters. The Hall–Kier alpha value is -3.94. The molecule has 8 heteroatoms. The lowest BCUT2D eigenvalue weighted by molar-refractivity contribution is 0.153. The molecule has 1 heterocycles. The number of aliphatic imine (C=N–C) groups is 1. The third-order valence-corrected chi connectivity index (χ3v) is 4.65. The van der Waals surface area contributed by atoms with Crippen molar-refractivity contribution in [2.24, 2.45) is 4.99 Å². The molecule has 1 aliphatic rings. The molecule has 1 aromatic heterocycles. The van der Waals surface area contributed by atoms with E-state index in [9.17, 15) is 9.59 Å². The largest absolute Gasteiger partial charge is 0.453 e. The molecule has 0 saturated carbocycles. The monoisotopic (exact) mass is 390 g/mol. The van der Waals surface area contributed by atoms with E-state index in [-0.39, 0.29) is 18.5 Å². The van der Waals surface area contributed by atoms with Crippen molar-refractivity contribution in [2.75, 3.05) is 13.7 Å². The molecule has 0 spiro atoms. The summed E-state index contributed by atoms with van der Waals surface area (Å²) < 4.78 is 11.2. The van der Waals surface area contributed by atoms with Crippen molar-refractivity contribution in [3.63, 3.8) is 0 Å². The van der Waals surface area contributed by atoms with E-state index in [1.165, 1.54) is 24.2 Å². The van der Waals surface area contributed by atoms with Crippen LogP contribution in [0.15, 0.2) is 72.0 Å². The Bertz CT molecular complexity index is 1030. The first-order valence-electron chi connectivity index (χ1n) is 8.96. The number of rotatable bonds is 2. The smallest absolute Gasteiger partial charge is 0.436 e. The third kappa shape index (κ3) is 3.73. The predicted molar refractivity (Wildman–Crippen MR) is 106 cm³/mol. The maximum atomic E-state index is 12.4. The van der Waals surface area contributed by atoms with Crippen LogP contribution in [-0.2, 0) is 9.47 Å². The lowest BCUT2D eigenvalue weighted by Crippen LogP contribution is -2.36. The molecular weight excluding hydrogens is 372 g/mol. The summed E-state index contributed by atoms with van der Waals surface area (Å²) in [6.45, 7) is 0.126. The Morgan fingerprint density at radius 2 is 1.72 bits per heavy atom. The molecule has 8 nitrogen and oxygen atoms in total. The van der Waals surface area contributed by atoms with Gasteiger partial charge in [0.05, 0.1) is 7.11 Å². The molecule has 0 saturated heterocycles. The van der Waals surface area contributed by atoms with Crippen molar-refractivity contribution in [3.8, 4) is 11.1 Å². The van der Waals surface area contributed by atoms with E-state index in [0.29, 0.717) is 0 Å². The zero-order valence-corrected chi connectivity index (χ0v) is 15.6. The van der Waals surface area contributed by atoms with E-state index in [0.717, 1.165) is 22.3 Å². The molecule has 0 unspecified atom stereocenters. The fourth-order valence-corrected chi connectivity index (χ4v) is 3.39. The summed E-state index contributed by atoms with van der Waals surface area (Å²) in [4.78, 5) is 27.7. The van der Waals surface area contributed by atoms with Crippen LogP contribution < -0.4 is 5.32 Å². The first-order chi connectivity index (χ1) is 14.2. The van der Waals surface area contributed by atoms with Gasteiger partial charge < -0.3 is 9.47 Å². The van der Waals surface area contributed by atoms with Crippen molar-refractivity contribution in [1.29, 1.82) is 0 Å². The van der Waals surface area contributed by atoms with Gasteiger partial charge in [-0.05, 0) is 28.3 Å². The molecule has 1 aliphatic carbocycles. The summed E-state index contributed by atoms with van der Waals surface area (Å²) in [5.74, 6) is -0.192. The first-order valence-corrected chi connectivity index (χ1v) is 8.96. The number of nitrogens with zero attached hydrogens (tertiary/aromatic N) is 3. The van der Waals surface area contributed by atoms with Crippen LogP contribution in [-0.4, -0.2) is 41.6 Å². The van der Waals surface area contributed by atoms with Crippen LogP contribution >= 0.6 is 0 Å². The van der Waals surface area contributed by atoms with Gasteiger partial charge in [-0.25, -0.2) is 14.3 Å². The Balaban J connectivity index is 1.53. The van der Waals surface area contributed by atoms with Crippen LogP contribution in [0.25, 0.3) is 11.1 Å². The summed E-state index contributed by atoms with van der Waals surface area (Å²) in [5.41, 5.74) is 4.48. The normalized spacial score (nSPS) is 12.8. The Labute approximate surface area is 166 Å². The van der Waals surface area contributed by atoms with E-state index in [4.69, 9.17) is 4.74 Å². The summed E-state index contributed by atoms with van der Waals surface area (Å²) in [6.07, 6.45) is 1.41. The second-order valence-electron chi connectivity index (χ2n) is 6.31. The molecule has 2 aromatic carbocycles. The molecule has 0 fully saturated rings. The summed E-state index contributed by atoms with van der Waals surface area (Å²) in [7, 11) is 1.21. The highest BCUT2D eigenvalue weighted by atomic mass is 16.5. The fourth-order valence-electron chi connectivity index (χ4n) is 3.39. The Kier molecular flexibility index (Phi) is 5.07. The van der Waals surface area contributed by atoms with Crippen molar-refractivity contribution < 1.29 is 19.1 Å². The van der Waals surface area contributed by atoms with Crippen LogP contribution in [0.5, 0.6) is 0 Å². The van der Waals surface area contributed by atoms with Crippen molar-refractivity contribution >= 4 is 18.1 Å². The zero-order chi connectivity index (χ0) is 20.2. The van der Waals surface area contributed by atoms with Gasteiger partial charge in [0.15, 0.2) is 0 Å². The number of carbonyl (C=O) groups is 2. The molecule has 29 heavy (non-hydrogen) atoms. The molecule has 146 valence electrons. The number of hydrogen-bond donors (Lipinski definition) is 1. The van der Waals surface area contributed by atoms with Gasteiger partial charge in [-0.3, -0.25) is 5.32 Å². The van der Waals surface area contributed by atoms with Gasteiger partial charge in [0.1, 0.15) is 6.61 Å². The van der Waals surface area contributed by atoms with E-state index in [2.05, 4.69) is 32.3 Å². The SMILES string of the molecule is COC(=O)NC(=NC(=O)OCC1c2ccccc2-c2ccccc21)n1cccn1. The van der Waals surface area contributed by atoms with Gasteiger partial charge in [-0.2, -0.15) is 5.10 Å². The van der Waals surface area contributed by atoms with Gasteiger partial charge in [-0.15, -0.1) is 4.99 Å². The topological polar surface area (TPSA) is 94.8 Å². The van der Waals surface area contributed by atoms with Crippen molar-refractivity contribution in [2.45, 2.75) is 5.92 Å². The highest BCUT2D eigenvalue weighted by Gasteiger charge is 2.29. The highest BCUT2D eigenvalue weighted by molar-refractivity contribution is 5.99. The maximum absolute atomic E-state index is 12.4. The number of hydrogen-bond acceptors (Lipinski definition) is 5. The minimum absolute atomic E-state index is 0.0803. The molecule has 0 bridgehead atoms. The number of alkyl carbamates (subject to hydrolysis) is 1. The van der Waals surface area contributed by atoms with Gasteiger partial charge in [0.25, 0.3) is 0 Å². The minimum atomic E-state index is -0.839. The second-order valence-corrected chi connectivity index (χ2v) is 6.31. The third-order valence-electron chi connectivity index (χ3n) is 4.65. The molecular formula is C21H18N4O4. The van der Waals surface area contributed by atoms with Gasteiger partial charge in [0.2, 0.25) is 5.96 Å². The van der Waals surface area contributed by atoms with Gasteiger partial charge in [-0.1, -0.05) is 48.5 Å². The van der Waals surface area contributed by atoms with Crippen LogP contribution in [0.1, 0.15) is 17.0 Å². The van der Waals surface area contributed by atoms with E-state index >= 15 is 0 Å². The minimum Gasteiger partial charge on any atom is -0.453 e. The zero-order valence-electron chi connectivity index (χ0n) is 15.6. The van der Waals surface area contributed by atoms with E-state index in [1.54, 1.807) is 6.07 Å². The number of carbonyl (C=O) groups excluding carboxylic acids is 2. The highest BCUT2D eigenvalue weighted by Crippen LogP contribution is 2.44. The molecule has 2 amide bonds. The summed E-state index contributed by atoms with van der Waals surface area (Å²) in [6, 6.07) is 17.7. The summed E-state index contributed by atoms with van der Waals surface area (Å²) in [5, 5.41) is 6.31. The molecule has 4 rings (SSSR count). The number of methoxy groups -OCH3 is 1. The fraction of sp³-hybridized carbons (Fsp3) is 0.143. The average Bonchev–Trinajstić information content (AvgIpc) is 3.38. The number of fused-ring (bicyclic) bond motifs is 3. The van der Waals surface area contributed by atoms with Crippen molar-refractivity contribution in [3.05, 3.63) is 78.1 Å². The van der Waals surface area contributed by atoms with Crippen LogP contribution in [0.3, 0.4) is 0 Å². The number of aromatic nitrogens is 2. The molecule has 1 N–H and O–H groups in total. The predicted octanol–water partition coefficient (Wildman–Crippen LogP) is 3.39. The Morgan fingerprint density at radius 3 is 2.31 bits per heavy atom. The van der Waals surface area contributed by atoms with E-state index in [1.807, 2.05) is 36.4 Å². The first kappa shape index (κ1) is 18.4. The van der Waals surface area contributed by atoms with Crippen LogP contribution in [0.2, 0.25) is 0 Å². The Morgan fingerprint density at radius 1 is 1.07 bits per heavy atom. The molecule has 3 aromatic rings. The van der Waals surface area contributed by atoms with Crippen LogP contribution in [0.4, 0.5) is 9.59 Å².